The molecule has 1 saturated heterocycles. The van der Waals surface area contributed by atoms with Gasteiger partial charge >= 0.3 is 6.03 Å². The second-order valence-electron chi connectivity index (χ2n) is 6.86. The minimum absolute atomic E-state index is 0.0453. The lowest BCUT2D eigenvalue weighted by Crippen LogP contribution is -2.43. The molecular weight excluding hydrogens is 274 g/mol. The van der Waals surface area contributed by atoms with Crippen LogP contribution in [0.5, 0.6) is 0 Å². The number of aryl methyl sites for hydroxylation is 2. The number of hydrogen-bond donors (Lipinski definition) is 2. The van der Waals surface area contributed by atoms with E-state index in [2.05, 4.69) is 47.6 Å². The molecule has 0 aromatic heterocycles. The Morgan fingerprint density at radius 3 is 2.91 bits per heavy atom. The van der Waals surface area contributed by atoms with Crippen molar-refractivity contribution in [2.45, 2.75) is 58.2 Å². The van der Waals surface area contributed by atoms with Crippen molar-refractivity contribution >= 4 is 6.03 Å². The van der Waals surface area contributed by atoms with Crippen LogP contribution in [0.1, 0.15) is 43.4 Å². The van der Waals surface area contributed by atoms with Gasteiger partial charge in [-0.15, -0.1) is 0 Å². The van der Waals surface area contributed by atoms with Crippen LogP contribution in [0, 0.1) is 0 Å². The maximum Gasteiger partial charge on any atom is 0.315 e. The van der Waals surface area contributed by atoms with E-state index in [0.29, 0.717) is 12.6 Å². The highest BCUT2D eigenvalue weighted by Gasteiger charge is 2.25. The number of carbonyl (C=O) groups is 1. The molecule has 0 spiro atoms. The maximum atomic E-state index is 12.0. The first-order chi connectivity index (χ1) is 10.6. The van der Waals surface area contributed by atoms with Gasteiger partial charge in [-0.05, 0) is 56.2 Å². The van der Waals surface area contributed by atoms with Gasteiger partial charge in [0.2, 0.25) is 0 Å². The first-order valence-corrected chi connectivity index (χ1v) is 8.51. The Hall–Kier alpha value is -1.55. The number of fused-ring (bicyclic) bond motifs is 1. The molecule has 1 unspecified atom stereocenters. The number of likely N-dealkylation sites (tertiary alicyclic amines) is 1. The molecule has 2 amide bonds. The molecular formula is C18H27N3O. The molecule has 2 N–H and O–H groups in total. The number of amides is 2. The van der Waals surface area contributed by atoms with Crippen molar-refractivity contribution < 1.29 is 4.79 Å². The zero-order chi connectivity index (χ0) is 15.5. The van der Waals surface area contributed by atoms with Gasteiger partial charge in [0.25, 0.3) is 0 Å². The van der Waals surface area contributed by atoms with Crippen molar-refractivity contribution in [3.05, 3.63) is 34.9 Å². The second kappa shape index (κ2) is 6.69. The molecule has 1 aliphatic heterocycles. The second-order valence-corrected chi connectivity index (χ2v) is 6.86. The Morgan fingerprint density at radius 1 is 1.32 bits per heavy atom. The van der Waals surface area contributed by atoms with E-state index in [9.17, 15) is 4.79 Å². The summed E-state index contributed by atoms with van der Waals surface area (Å²) in [5.41, 5.74) is 4.14. The van der Waals surface area contributed by atoms with Gasteiger partial charge in [-0.2, -0.15) is 0 Å². The van der Waals surface area contributed by atoms with E-state index in [-0.39, 0.29) is 12.1 Å². The fourth-order valence-corrected chi connectivity index (χ4v) is 3.53. The summed E-state index contributed by atoms with van der Waals surface area (Å²) in [6.07, 6.45) is 4.70. The topological polar surface area (TPSA) is 44.4 Å². The molecule has 1 aliphatic carbocycles. The fraction of sp³-hybridized carbons (Fsp3) is 0.611. The third-order valence-corrected chi connectivity index (χ3v) is 4.90. The molecule has 1 fully saturated rings. The van der Waals surface area contributed by atoms with E-state index in [1.165, 1.54) is 36.0 Å². The summed E-state index contributed by atoms with van der Waals surface area (Å²) in [6.45, 7) is 7.06. The van der Waals surface area contributed by atoms with E-state index in [1.54, 1.807) is 0 Å². The van der Waals surface area contributed by atoms with Gasteiger partial charge in [0.15, 0.2) is 0 Å². The predicted octanol–water partition coefficient (Wildman–Crippen LogP) is 2.46. The summed E-state index contributed by atoms with van der Waals surface area (Å²) in [5, 5.41) is 6.09. The number of hydrogen-bond acceptors (Lipinski definition) is 2. The minimum atomic E-state index is -0.0453. The lowest BCUT2D eigenvalue weighted by molar-refractivity contribution is 0.233. The summed E-state index contributed by atoms with van der Waals surface area (Å²) in [5.74, 6) is 0. The van der Waals surface area contributed by atoms with Gasteiger partial charge in [-0.1, -0.05) is 18.2 Å². The summed E-state index contributed by atoms with van der Waals surface area (Å²) in [4.78, 5) is 14.5. The molecule has 22 heavy (non-hydrogen) atoms. The molecule has 1 aromatic carbocycles. The van der Waals surface area contributed by atoms with Crippen LogP contribution < -0.4 is 10.6 Å². The number of benzene rings is 1. The van der Waals surface area contributed by atoms with Crippen molar-refractivity contribution in [2.75, 3.05) is 13.1 Å². The van der Waals surface area contributed by atoms with Gasteiger partial charge in [0, 0.05) is 31.7 Å². The van der Waals surface area contributed by atoms with Crippen LogP contribution in [0.25, 0.3) is 0 Å². The van der Waals surface area contributed by atoms with E-state index in [1.807, 2.05) is 0 Å². The molecule has 4 heteroatoms. The minimum Gasteiger partial charge on any atom is -0.334 e. The van der Waals surface area contributed by atoms with Crippen molar-refractivity contribution in [3.8, 4) is 0 Å². The molecule has 0 radical (unpaired) electrons. The zero-order valence-electron chi connectivity index (χ0n) is 13.7. The Morgan fingerprint density at radius 2 is 2.14 bits per heavy atom. The molecule has 0 bridgehead atoms. The van der Waals surface area contributed by atoms with Crippen molar-refractivity contribution in [1.29, 1.82) is 0 Å². The molecule has 2 aliphatic rings. The average Bonchev–Trinajstić information content (AvgIpc) is 3.13. The fourth-order valence-electron chi connectivity index (χ4n) is 3.53. The van der Waals surface area contributed by atoms with Gasteiger partial charge in [-0.25, -0.2) is 4.79 Å². The number of nitrogens with zero attached hydrogens (tertiary/aromatic N) is 1. The van der Waals surface area contributed by atoms with Crippen LogP contribution in [0.15, 0.2) is 18.2 Å². The third kappa shape index (κ3) is 3.61. The molecule has 4 nitrogen and oxygen atoms in total. The number of carbonyl (C=O) groups excluding carboxylic acids is 1. The van der Waals surface area contributed by atoms with Crippen LogP contribution in [0.4, 0.5) is 4.79 Å². The summed E-state index contributed by atoms with van der Waals surface area (Å²) < 4.78 is 0. The first-order valence-electron chi connectivity index (χ1n) is 8.51. The van der Waals surface area contributed by atoms with Crippen molar-refractivity contribution in [1.82, 2.24) is 15.5 Å². The largest absolute Gasteiger partial charge is 0.334 e. The molecule has 1 heterocycles. The van der Waals surface area contributed by atoms with Crippen LogP contribution in [0.2, 0.25) is 0 Å². The monoisotopic (exact) mass is 301 g/mol. The summed E-state index contributed by atoms with van der Waals surface area (Å²) in [7, 11) is 0. The van der Waals surface area contributed by atoms with Gasteiger partial charge in [0.05, 0.1) is 0 Å². The Kier molecular flexibility index (Phi) is 4.67. The molecule has 3 rings (SSSR count). The average molecular weight is 301 g/mol. The van der Waals surface area contributed by atoms with E-state index >= 15 is 0 Å². The number of urea groups is 1. The molecule has 120 valence electrons. The SMILES string of the molecule is CC(C)N1CCC(NC(=O)NCc2ccc3c(c2)CCC3)C1. The molecule has 1 atom stereocenters. The highest BCUT2D eigenvalue weighted by molar-refractivity contribution is 5.74. The predicted molar refractivity (Wildman–Crippen MR) is 89.0 cm³/mol. The Bertz CT molecular complexity index is 541. The number of nitrogens with one attached hydrogen (secondary N) is 2. The van der Waals surface area contributed by atoms with E-state index in [4.69, 9.17) is 0 Å². The van der Waals surface area contributed by atoms with Gasteiger partial charge in [-0.3, -0.25) is 4.90 Å². The lowest BCUT2D eigenvalue weighted by atomic mass is 10.1. The zero-order valence-corrected chi connectivity index (χ0v) is 13.7. The maximum absolute atomic E-state index is 12.0. The van der Waals surface area contributed by atoms with Crippen molar-refractivity contribution in [2.24, 2.45) is 0 Å². The van der Waals surface area contributed by atoms with Crippen LogP contribution in [-0.2, 0) is 19.4 Å². The Labute approximate surface area is 133 Å². The van der Waals surface area contributed by atoms with Crippen LogP contribution in [0.3, 0.4) is 0 Å². The highest BCUT2D eigenvalue weighted by atomic mass is 16.2. The van der Waals surface area contributed by atoms with Crippen LogP contribution in [-0.4, -0.2) is 36.1 Å². The summed E-state index contributed by atoms with van der Waals surface area (Å²) in [6, 6.07) is 7.40. The van der Waals surface area contributed by atoms with Crippen LogP contribution >= 0.6 is 0 Å². The quantitative estimate of drug-likeness (QED) is 0.897. The van der Waals surface area contributed by atoms with Crippen molar-refractivity contribution in [3.63, 3.8) is 0 Å². The molecule has 0 saturated carbocycles. The van der Waals surface area contributed by atoms with E-state index < -0.39 is 0 Å². The standard InChI is InChI=1S/C18H27N3O/c1-13(2)21-9-8-17(12-21)20-18(22)19-11-14-6-7-15-4-3-5-16(15)10-14/h6-7,10,13,17H,3-5,8-9,11-12H2,1-2H3,(H2,19,20,22). The normalized spacial score (nSPS) is 21.1. The van der Waals surface area contributed by atoms with E-state index in [0.717, 1.165) is 19.5 Å². The lowest BCUT2D eigenvalue weighted by Gasteiger charge is -2.20. The number of rotatable bonds is 4. The Balaban J connectivity index is 1.45. The highest BCUT2D eigenvalue weighted by Crippen LogP contribution is 2.22. The van der Waals surface area contributed by atoms with Gasteiger partial charge in [0.1, 0.15) is 0 Å². The van der Waals surface area contributed by atoms with Gasteiger partial charge < -0.3 is 10.6 Å². The first kappa shape index (κ1) is 15.3. The summed E-state index contributed by atoms with van der Waals surface area (Å²) >= 11 is 0. The smallest absolute Gasteiger partial charge is 0.315 e. The third-order valence-electron chi connectivity index (χ3n) is 4.90. The molecule has 1 aromatic rings.